The Morgan fingerprint density at radius 2 is 2.33 bits per heavy atom. The highest BCUT2D eigenvalue weighted by molar-refractivity contribution is 7.99. The van der Waals surface area contributed by atoms with Crippen molar-refractivity contribution in [3.8, 4) is 0 Å². The number of rotatable bonds is 4. The van der Waals surface area contributed by atoms with Crippen LogP contribution < -0.4 is 5.32 Å². The molecule has 0 radical (unpaired) electrons. The minimum Gasteiger partial charge on any atom is -0.319 e. The van der Waals surface area contributed by atoms with Gasteiger partial charge in [-0.2, -0.15) is 11.8 Å². The van der Waals surface area contributed by atoms with Gasteiger partial charge in [-0.3, -0.25) is 0 Å². The lowest BCUT2D eigenvalue weighted by atomic mass is 9.97. The monoisotopic (exact) mass is 187 g/mol. The normalized spacial score (nSPS) is 27.0. The van der Waals surface area contributed by atoms with Crippen LogP contribution in [0.15, 0.2) is 0 Å². The van der Waals surface area contributed by atoms with E-state index in [1.165, 1.54) is 38.0 Å². The zero-order chi connectivity index (χ0) is 8.81. The third kappa shape index (κ3) is 2.98. The van der Waals surface area contributed by atoms with Crippen molar-refractivity contribution in [2.75, 3.05) is 19.3 Å². The van der Waals surface area contributed by atoms with Gasteiger partial charge in [0.15, 0.2) is 0 Å². The molecule has 0 saturated carbocycles. The summed E-state index contributed by atoms with van der Waals surface area (Å²) in [6.45, 7) is 3.52. The van der Waals surface area contributed by atoms with E-state index in [0.717, 1.165) is 11.2 Å². The molecule has 2 heteroatoms. The fourth-order valence-corrected chi connectivity index (χ4v) is 3.51. The van der Waals surface area contributed by atoms with Crippen LogP contribution in [0.1, 0.15) is 32.6 Å². The van der Waals surface area contributed by atoms with Crippen molar-refractivity contribution in [3.05, 3.63) is 0 Å². The SMILES string of the molecule is CCC(CNC)C1CCCCS1. The molecule has 72 valence electrons. The van der Waals surface area contributed by atoms with Crippen LogP contribution in [0.4, 0.5) is 0 Å². The summed E-state index contributed by atoms with van der Waals surface area (Å²) < 4.78 is 0. The van der Waals surface area contributed by atoms with E-state index in [1.54, 1.807) is 0 Å². The third-order valence-corrected chi connectivity index (χ3v) is 4.30. The minimum atomic E-state index is 0.903. The van der Waals surface area contributed by atoms with E-state index in [-0.39, 0.29) is 0 Å². The predicted octanol–water partition coefficient (Wildman–Crippen LogP) is 2.52. The molecule has 1 heterocycles. The summed E-state index contributed by atoms with van der Waals surface area (Å²) in [7, 11) is 2.07. The molecule has 1 fully saturated rings. The van der Waals surface area contributed by atoms with Gasteiger partial charge < -0.3 is 5.32 Å². The van der Waals surface area contributed by atoms with Crippen molar-refractivity contribution in [2.24, 2.45) is 5.92 Å². The Hall–Kier alpha value is 0.310. The maximum Gasteiger partial charge on any atom is 0.00873 e. The standard InChI is InChI=1S/C10H21NS/c1-3-9(8-11-2)10-6-4-5-7-12-10/h9-11H,3-8H2,1-2H3. The quantitative estimate of drug-likeness (QED) is 0.726. The second kappa shape index (κ2) is 5.87. The molecule has 12 heavy (non-hydrogen) atoms. The van der Waals surface area contributed by atoms with Crippen LogP contribution in [-0.2, 0) is 0 Å². The molecular weight excluding hydrogens is 166 g/mol. The molecule has 1 rings (SSSR count). The van der Waals surface area contributed by atoms with E-state index >= 15 is 0 Å². The fourth-order valence-electron chi connectivity index (χ4n) is 1.94. The van der Waals surface area contributed by atoms with E-state index in [4.69, 9.17) is 0 Å². The highest BCUT2D eigenvalue weighted by Crippen LogP contribution is 2.31. The van der Waals surface area contributed by atoms with E-state index in [2.05, 4.69) is 31.1 Å². The molecule has 1 saturated heterocycles. The molecule has 0 aromatic heterocycles. The summed E-state index contributed by atoms with van der Waals surface area (Å²) >= 11 is 2.20. The van der Waals surface area contributed by atoms with Gasteiger partial charge in [0, 0.05) is 5.25 Å². The lowest BCUT2D eigenvalue weighted by molar-refractivity contribution is 0.435. The van der Waals surface area contributed by atoms with Crippen LogP contribution >= 0.6 is 11.8 Å². The van der Waals surface area contributed by atoms with Gasteiger partial charge in [0.05, 0.1) is 0 Å². The largest absolute Gasteiger partial charge is 0.319 e. The van der Waals surface area contributed by atoms with Crippen LogP contribution in [0, 0.1) is 5.92 Å². The second-order valence-electron chi connectivity index (χ2n) is 3.63. The van der Waals surface area contributed by atoms with Gasteiger partial charge in [-0.1, -0.05) is 19.8 Å². The number of thioether (sulfide) groups is 1. The van der Waals surface area contributed by atoms with Crippen LogP contribution in [0.2, 0.25) is 0 Å². The van der Waals surface area contributed by atoms with Crippen LogP contribution in [0.3, 0.4) is 0 Å². The van der Waals surface area contributed by atoms with Gasteiger partial charge in [0.2, 0.25) is 0 Å². The molecule has 0 aromatic rings. The summed E-state index contributed by atoms with van der Waals surface area (Å²) in [6, 6.07) is 0. The molecule has 0 aromatic carbocycles. The average molecular weight is 187 g/mol. The molecule has 1 aliphatic rings. The van der Waals surface area contributed by atoms with Gasteiger partial charge >= 0.3 is 0 Å². The Balaban J connectivity index is 2.29. The summed E-state index contributed by atoms with van der Waals surface area (Å²) in [5.74, 6) is 2.30. The molecule has 0 spiro atoms. The smallest absolute Gasteiger partial charge is 0.00873 e. The molecule has 1 nitrogen and oxygen atoms in total. The van der Waals surface area contributed by atoms with Gasteiger partial charge in [0.25, 0.3) is 0 Å². The van der Waals surface area contributed by atoms with Crippen LogP contribution in [0.25, 0.3) is 0 Å². The molecule has 1 N–H and O–H groups in total. The lowest BCUT2D eigenvalue weighted by Crippen LogP contribution is -2.29. The van der Waals surface area contributed by atoms with E-state index in [1.807, 2.05) is 0 Å². The Labute approximate surface area is 80.7 Å². The molecule has 1 aliphatic heterocycles. The van der Waals surface area contributed by atoms with Gasteiger partial charge in [-0.05, 0) is 38.1 Å². The zero-order valence-corrected chi connectivity index (χ0v) is 9.12. The molecule has 2 atom stereocenters. The van der Waals surface area contributed by atoms with E-state index < -0.39 is 0 Å². The first-order valence-electron chi connectivity index (χ1n) is 5.14. The molecule has 0 aliphatic carbocycles. The Morgan fingerprint density at radius 1 is 1.50 bits per heavy atom. The maximum absolute atomic E-state index is 3.30. The van der Waals surface area contributed by atoms with Crippen molar-refractivity contribution >= 4 is 11.8 Å². The van der Waals surface area contributed by atoms with Crippen molar-refractivity contribution < 1.29 is 0 Å². The highest BCUT2D eigenvalue weighted by atomic mass is 32.2. The average Bonchev–Trinajstić information content (AvgIpc) is 2.15. The molecular formula is C10H21NS. The fraction of sp³-hybridized carbons (Fsp3) is 1.00. The van der Waals surface area contributed by atoms with Gasteiger partial charge in [-0.15, -0.1) is 0 Å². The van der Waals surface area contributed by atoms with Crippen LogP contribution in [-0.4, -0.2) is 24.6 Å². The topological polar surface area (TPSA) is 12.0 Å². The number of hydrogen-bond acceptors (Lipinski definition) is 2. The van der Waals surface area contributed by atoms with Crippen molar-refractivity contribution in [1.29, 1.82) is 0 Å². The Kier molecular flexibility index (Phi) is 5.08. The first-order valence-corrected chi connectivity index (χ1v) is 6.19. The van der Waals surface area contributed by atoms with Crippen LogP contribution in [0.5, 0.6) is 0 Å². The minimum absolute atomic E-state index is 0.903. The summed E-state index contributed by atoms with van der Waals surface area (Å²) in [4.78, 5) is 0. The third-order valence-electron chi connectivity index (χ3n) is 2.73. The Morgan fingerprint density at radius 3 is 2.83 bits per heavy atom. The first-order chi connectivity index (χ1) is 5.88. The highest BCUT2D eigenvalue weighted by Gasteiger charge is 2.21. The summed E-state index contributed by atoms with van der Waals surface area (Å²) in [6.07, 6.45) is 5.68. The Bertz CT molecular complexity index is 108. The van der Waals surface area contributed by atoms with E-state index in [9.17, 15) is 0 Å². The molecule has 2 unspecified atom stereocenters. The van der Waals surface area contributed by atoms with E-state index in [0.29, 0.717) is 0 Å². The van der Waals surface area contributed by atoms with Crippen molar-refractivity contribution in [2.45, 2.75) is 37.9 Å². The predicted molar refractivity (Wildman–Crippen MR) is 57.8 cm³/mol. The first kappa shape index (κ1) is 10.4. The number of hydrogen-bond donors (Lipinski definition) is 1. The molecule has 0 amide bonds. The lowest BCUT2D eigenvalue weighted by Gasteiger charge is -2.28. The zero-order valence-electron chi connectivity index (χ0n) is 8.31. The summed E-state index contributed by atoms with van der Waals surface area (Å²) in [5.41, 5.74) is 0. The van der Waals surface area contributed by atoms with Gasteiger partial charge in [0.1, 0.15) is 0 Å². The number of nitrogens with one attached hydrogen (secondary N) is 1. The second-order valence-corrected chi connectivity index (χ2v) is 4.98. The molecule has 0 bridgehead atoms. The van der Waals surface area contributed by atoms with Crippen molar-refractivity contribution in [1.82, 2.24) is 5.32 Å². The van der Waals surface area contributed by atoms with Gasteiger partial charge in [-0.25, -0.2) is 0 Å². The van der Waals surface area contributed by atoms with Crippen molar-refractivity contribution in [3.63, 3.8) is 0 Å². The maximum atomic E-state index is 3.30. The summed E-state index contributed by atoms with van der Waals surface area (Å²) in [5, 5.41) is 4.24.